The van der Waals surface area contributed by atoms with Crippen molar-refractivity contribution in [2.45, 2.75) is 18.7 Å². The van der Waals surface area contributed by atoms with Gasteiger partial charge >= 0.3 is 0 Å². The van der Waals surface area contributed by atoms with Gasteiger partial charge in [-0.15, -0.1) is 12.6 Å². The Kier molecular flexibility index (Phi) is 4.21. The molecule has 3 aromatic rings. The molecule has 0 saturated carbocycles. The normalized spacial score (nSPS) is 10.5. The maximum atomic E-state index is 4.85. The smallest absolute Gasteiger partial charge is 0.268 e. The number of hydrogen-bond acceptors (Lipinski definition) is 1. The molecule has 0 amide bonds. The van der Waals surface area contributed by atoms with Crippen LogP contribution in [0.25, 0.3) is 11.1 Å². The molecular weight excluding hydrogens is 288 g/mol. The van der Waals surface area contributed by atoms with E-state index in [1.807, 2.05) is 12.1 Å². The first-order chi connectivity index (χ1) is 10.6. The van der Waals surface area contributed by atoms with Crippen LogP contribution in [0.1, 0.15) is 11.1 Å². The Hall–Kier alpha value is -2.19. The van der Waals surface area contributed by atoms with Gasteiger partial charge in [0.25, 0.3) is 11.5 Å². The third-order valence-corrected chi connectivity index (χ3v) is 4.42. The first-order valence-electron chi connectivity index (χ1n) is 7.31. The Morgan fingerprint density at radius 3 is 2.05 bits per heavy atom. The molecule has 110 valence electrons. The minimum Gasteiger partial charge on any atom is -0.546 e. The summed E-state index contributed by atoms with van der Waals surface area (Å²) in [7, 11) is 0. The molecule has 0 radical (unpaired) electrons. The number of rotatable bonds is 3. The molecule has 0 aliphatic heterocycles. The van der Waals surface area contributed by atoms with Gasteiger partial charge in [-0.2, -0.15) is 0 Å². The fourth-order valence-corrected chi connectivity index (χ4v) is 2.70. The quantitative estimate of drug-likeness (QED) is 0.456. The molecule has 0 heterocycles. The first kappa shape index (κ1) is 14.7. The zero-order valence-corrected chi connectivity index (χ0v) is 13.6. The van der Waals surface area contributed by atoms with Gasteiger partial charge in [0.1, 0.15) is 0 Å². The topological polar surface area (TPSA) is 12.8 Å². The fourth-order valence-electron chi connectivity index (χ4n) is 2.57. The number of ether oxygens (including phenoxy) is 1. The highest BCUT2D eigenvalue weighted by Gasteiger charge is 2.13. The van der Waals surface area contributed by atoms with Crippen molar-refractivity contribution in [1.29, 1.82) is 0 Å². The molecule has 0 fully saturated rings. The lowest BCUT2D eigenvalue weighted by molar-refractivity contribution is 0.199. The Balaban J connectivity index is 2.00. The molecule has 0 unspecified atom stereocenters. The molecule has 0 aliphatic rings. The van der Waals surface area contributed by atoms with Crippen LogP contribution in [-0.4, -0.2) is 4.74 Å². The molecule has 1 N–H and O–H groups in total. The van der Waals surface area contributed by atoms with Gasteiger partial charge in [0, 0.05) is 23.1 Å². The third kappa shape index (κ3) is 3.02. The average Bonchev–Trinajstić information content (AvgIpc) is 2.54. The summed E-state index contributed by atoms with van der Waals surface area (Å²) in [6.45, 7) is 4.13. The lowest BCUT2D eigenvalue weighted by atomic mass is 10.0. The molecule has 0 aliphatic carbocycles. The Bertz CT molecular complexity index is 771. The molecule has 0 bridgehead atoms. The highest BCUT2D eigenvalue weighted by molar-refractivity contribution is 7.80. The van der Waals surface area contributed by atoms with E-state index < -0.39 is 0 Å². The van der Waals surface area contributed by atoms with Crippen LogP contribution in [0.2, 0.25) is 0 Å². The van der Waals surface area contributed by atoms with Crippen molar-refractivity contribution >= 4 is 12.6 Å². The Morgan fingerprint density at radius 1 is 0.773 bits per heavy atom. The molecule has 0 spiro atoms. The molecular formula is C20H19OS+. The molecule has 3 aromatic carbocycles. The van der Waals surface area contributed by atoms with Crippen molar-refractivity contribution in [2.75, 3.05) is 0 Å². The van der Waals surface area contributed by atoms with Crippen LogP contribution in [-0.2, 0) is 0 Å². The molecule has 0 saturated heterocycles. The summed E-state index contributed by atoms with van der Waals surface area (Å²) in [5, 5.41) is 0. The monoisotopic (exact) mass is 307 g/mol. The van der Waals surface area contributed by atoms with Gasteiger partial charge in [-0.25, -0.2) is 0 Å². The lowest BCUT2D eigenvalue weighted by Gasteiger charge is -2.10. The minimum atomic E-state index is 0.969. The molecule has 2 heteroatoms. The van der Waals surface area contributed by atoms with Gasteiger partial charge in [-0.1, -0.05) is 42.5 Å². The maximum Gasteiger partial charge on any atom is 0.268 e. The van der Waals surface area contributed by atoms with Crippen LogP contribution in [0.4, 0.5) is 0 Å². The highest BCUT2D eigenvalue weighted by Crippen LogP contribution is 2.35. The van der Waals surface area contributed by atoms with E-state index in [0.717, 1.165) is 33.1 Å². The van der Waals surface area contributed by atoms with Crippen LogP contribution in [0.5, 0.6) is 11.5 Å². The molecule has 1 nitrogen and oxygen atoms in total. The zero-order chi connectivity index (χ0) is 15.5. The van der Waals surface area contributed by atoms with E-state index in [9.17, 15) is 0 Å². The van der Waals surface area contributed by atoms with E-state index in [1.54, 1.807) is 0 Å². The van der Waals surface area contributed by atoms with E-state index in [2.05, 4.69) is 81.1 Å². The number of thiol groups is 1. The van der Waals surface area contributed by atoms with Crippen molar-refractivity contribution in [3.63, 3.8) is 0 Å². The van der Waals surface area contributed by atoms with Crippen LogP contribution < -0.4 is 0 Å². The second-order valence-corrected chi connectivity index (χ2v) is 5.87. The van der Waals surface area contributed by atoms with Crippen LogP contribution in [0.15, 0.2) is 71.6 Å². The Morgan fingerprint density at radius 2 is 1.36 bits per heavy atom. The maximum absolute atomic E-state index is 4.85. The number of aryl methyl sites for hydroxylation is 2. The second-order valence-electron chi connectivity index (χ2n) is 5.42. The molecule has 3 rings (SSSR count). The van der Waals surface area contributed by atoms with Gasteiger partial charge in [0.15, 0.2) is 0 Å². The summed E-state index contributed by atoms with van der Waals surface area (Å²) >= 11 is 4.52. The van der Waals surface area contributed by atoms with Crippen molar-refractivity contribution in [3.05, 3.63) is 77.9 Å². The van der Waals surface area contributed by atoms with Gasteiger partial charge in [0.05, 0.1) is 5.56 Å². The van der Waals surface area contributed by atoms with Crippen LogP contribution >= 0.6 is 12.6 Å². The van der Waals surface area contributed by atoms with Gasteiger partial charge < -0.3 is 4.74 Å². The largest absolute Gasteiger partial charge is 0.546 e. The van der Waals surface area contributed by atoms with Crippen molar-refractivity contribution < 1.29 is 4.74 Å². The van der Waals surface area contributed by atoms with Crippen molar-refractivity contribution in [1.82, 2.24) is 0 Å². The van der Waals surface area contributed by atoms with Gasteiger partial charge in [-0.3, -0.25) is 0 Å². The summed E-state index contributed by atoms with van der Waals surface area (Å²) in [4.78, 5) is 1.04. The lowest BCUT2D eigenvalue weighted by Crippen LogP contribution is -1.88. The van der Waals surface area contributed by atoms with E-state index >= 15 is 0 Å². The van der Waals surface area contributed by atoms with E-state index in [-0.39, 0.29) is 0 Å². The molecule has 0 atom stereocenters. The summed E-state index contributed by atoms with van der Waals surface area (Å²) in [6.07, 6.45) is 0. The molecule has 22 heavy (non-hydrogen) atoms. The predicted molar refractivity (Wildman–Crippen MR) is 96.2 cm³/mol. The number of benzene rings is 3. The first-order valence-corrected chi connectivity index (χ1v) is 7.76. The number of hydrogen-bond donors (Lipinski definition) is 1. The van der Waals surface area contributed by atoms with Crippen molar-refractivity contribution in [3.8, 4) is 22.6 Å². The van der Waals surface area contributed by atoms with E-state index in [1.165, 1.54) is 5.56 Å². The summed E-state index contributed by atoms with van der Waals surface area (Å²) < 4.78 is 4.85. The zero-order valence-electron chi connectivity index (χ0n) is 12.7. The van der Waals surface area contributed by atoms with Crippen molar-refractivity contribution in [2.24, 2.45) is 0 Å². The number of aromatic hydroxyl groups is 2. The third-order valence-electron chi connectivity index (χ3n) is 3.71. The number of para-hydroxylation sites is 1. The Labute approximate surface area is 137 Å². The highest BCUT2D eigenvalue weighted by atomic mass is 32.1. The second kappa shape index (κ2) is 6.29. The standard InChI is InChI=1S/C20H18OS/c1-14-12-17(13-15(2)20(14)22)21-19-11-7-6-10-18(19)16-8-4-3-5-9-16/h3-13,22H,1-2H3/p+1. The molecule has 0 aromatic heterocycles. The van der Waals surface area contributed by atoms with Crippen LogP contribution in [0.3, 0.4) is 0 Å². The minimum absolute atomic E-state index is 0.969. The van der Waals surface area contributed by atoms with Gasteiger partial charge in [-0.05, 0) is 36.6 Å². The van der Waals surface area contributed by atoms with Crippen LogP contribution in [0, 0.1) is 13.8 Å². The SMILES string of the molecule is Cc1cc([OH+]c2ccccc2-c2ccccc2)cc(C)c1S. The van der Waals surface area contributed by atoms with E-state index in [0.29, 0.717) is 0 Å². The van der Waals surface area contributed by atoms with Gasteiger partial charge in [0.2, 0.25) is 0 Å². The summed E-state index contributed by atoms with van der Waals surface area (Å²) in [5.41, 5.74) is 4.63. The van der Waals surface area contributed by atoms with E-state index in [4.69, 9.17) is 4.74 Å². The summed E-state index contributed by atoms with van der Waals surface area (Å²) in [5.74, 6) is 1.95. The fraction of sp³-hybridized carbons (Fsp3) is 0.100. The summed E-state index contributed by atoms with van der Waals surface area (Å²) in [6, 6.07) is 22.8. The average molecular weight is 307 g/mol. The predicted octanol–water partition coefficient (Wildman–Crippen LogP) is 5.91.